The number of phenols is 1. The molecule has 15 heteroatoms. The number of carboxylic acids is 1. The SMILES string of the molecule is CCN(CCNC(=O)C(CCCN=C(N)N)NC(=O)CC(=O)O)C(=O)Oc1ccc2c(c1O)C13CCN(C)C(C2)C1CCC(=O)C3. The first-order valence-corrected chi connectivity index (χ1v) is 15.7. The molecule has 0 aromatic heterocycles. The number of nitrogens with one attached hydrogen (secondary N) is 2. The third-order valence-corrected chi connectivity index (χ3v) is 9.48. The number of carbonyl (C=O) groups excluding carboxylic acids is 4. The van der Waals surface area contributed by atoms with Gasteiger partial charge in [0.05, 0.1) is 0 Å². The predicted octanol–water partition coefficient (Wildman–Crippen LogP) is 0.209. The first-order valence-electron chi connectivity index (χ1n) is 15.7. The molecule has 252 valence electrons. The number of piperidine rings is 1. The first-order chi connectivity index (χ1) is 21.9. The second-order valence-corrected chi connectivity index (χ2v) is 12.3. The van der Waals surface area contributed by atoms with E-state index in [9.17, 15) is 29.1 Å². The number of guanidine groups is 1. The van der Waals surface area contributed by atoms with Crippen LogP contribution < -0.4 is 26.8 Å². The van der Waals surface area contributed by atoms with Crippen LogP contribution >= 0.6 is 0 Å². The van der Waals surface area contributed by atoms with Crippen LogP contribution in [0.15, 0.2) is 17.1 Å². The summed E-state index contributed by atoms with van der Waals surface area (Å²) in [6.45, 7) is 3.08. The molecule has 3 amide bonds. The van der Waals surface area contributed by atoms with Gasteiger partial charge in [0.25, 0.3) is 0 Å². The Balaban J connectivity index is 1.40. The largest absolute Gasteiger partial charge is 0.504 e. The number of aromatic hydroxyl groups is 1. The van der Waals surface area contributed by atoms with E-state index in [4.69, 9.17) is 21.3 Å². The highest BCUT2D eigenvalue weighted by Crippen LogP contribution is 2.58. The van der Waals surface area contributed by atoms with Crippen LogP contribution in [0.3, 0.4) is 0 Å². The molecule has 0 radical (unpaired) electrons. The Labute approximate surface area is 267 Å². The standard InChI is InChI=1S/C31H45N7O8/c1-3-38(14-12-34-28(44)21(5-4-11-35-29(32)33)36-24(40)16-25(41)42)30(45)46-23-9-6-18-15-22-20-8-7-19(39)17-31(20,10-13-37(22)2)26(18)27(23)43/h6,9,20-22,43H,3-5,7-8,10-17H2,1-2H3,(H,34,44)(H,36,40)(H,41,42)(H4,32,33,35). The van der Waals surface area contributed by atoms with Crippen LogP contribution in [0.25, 0.3) is 0 Å². The predicted molar refractivity (Wildman–Crippen MR) is 167 cm³/mol. The van der Waals surface area contributed by atoms with Crippen molar-refractivity contribution < 1.29 is 38.9 Å². The number of aliphatic imine (C=N–C) groups is 1. The molecule has 1 saturated carbocycles. The third-order valence-electron chi connectivity index (χ3n) is 9.48. The maximum absolute atomic E-state index is 13.2. The van der Waals surface area contributed by atoms with E-state index in [1.807, 2.05) is 6.07 Å². The van der Waals surface area contributed by atoms with E-state index in [0.717, 1.165) is 36.9 Å². The quantitative estimate of drug-likeness (QED) is 0.0736. The highest BCUT2D eigenvalue weighted by atomic mass is 16.6. The van der Waals surface area contributed by atoms with Crippen molar-refractivity contribution in [1.82, 2.24) is 20.4 Å². The minimum absolute atomic E-state index is 0.0129. The Morgan fingerprint density at radius 3 is 2.72 bits per heavy atom. The number of fused-ring (bicyclic) bond motifs is 1. The number of benzene rings is 1. The molecule has 1 heterocycles. The van der Waals surface area contributed by atoms with Gasteiger partial charge in [-0.05, 0) is 70.2 Å². The summed E-state index contributed by atoms with van der Waals surface area (Å²) in [4.78, 5) is 69.3. The number of ketones is 1. The van der Waals surface area contributed by atoms with E-state index in [1.165, 1.54) is 4.90 Å². The Morgan fingerprint density at radius 2 is 2.02 bits per heavy atom. The number of likely N-dealkylation sites (tertiary alicyclic amines) is 1. The molecule has 8 N–H and O–H groups in total. The van der Waals surface area contributed by atoms with Gasteiger partial charge in [0.2, 0.25) is 11.8 Å². The third kappa shape index (κ3) is 7.69. The minimum atomic E-state index is -1.33. The molecular weight excluding hydrogens is 598 g/mol. The lowest BCUT2D eigenvalue weighted by Crippen LogP contribution is -2.60. The van der Waals surface area contributed by atoms with E-state index in [-0.39, 0.29) is 67.8 Å². The van der Waals surface area contributed by atoms with Crippen molar-refractivity contribution in [3.63, 3.8) is 0 Å². The lowest BCUT2D eigenvalue weighted by atomic mass is 9.52. The average Bonchev–Trinajstić information content (AvgIpc) is 2.99. The van der Waals surface area contributed by atoms with Gasteiger partial charge in [0.1, 0.15) is 18.2 Å². The van der Waals surface area contributed by atoms with Crippen LogP contribution in [0.1, 0.15) is 63.0 Å². The Kier molecular flexibility index (Phi) is 11.1. The summed E-state index contributed by atoms with van der Waals surface area (Å²) < 4.78 is 5.69. The molecule has 46 heavy (non-hydrogen) atoms. The summed E-state index contributed by atoms with van der Waals surface area (Å²) in [6, 6.07) is 2.72. The van der Waals surface area contributed by atoms with Crippen molar-refractivity contribution in [1.29, 1.82) is 0 Å². The maximum Gasteiger partial charge on any atom is 0.415 e. The van der Waals surface area contributed by atoms with Crippen molar-refractivity contribution in [2.75, 3.05) is 39.8 Å². The number of rotatable bonds is 13. The molecule has 1 saturated heterocycles. The maximum atomic E-state index is 13.2. The fourth-order valence-corrected chi connectivity index (χ4v) is 7.32. The molecule has 1 aromatic carbocycles. The molecule has 2 fully saturated rings. The molecular formula is C31H45N7O8. The number of amides is 3. The lowest BCUT2D eigenvalue weighted by Gasteiger charge is -2.58. The van der Waals surface area contributed by atoms with Crippen LogP contribution in [-0.4, -0.2) is 107 Å². The fraction of sp³-hybridized carbons (Fsp3) is 0.613. The van der Waals surface area contributed by atoms with Crippen molar-refractivity contribution in [3.05, 3.63) is 23.3 Å². The molecule has 2 aliphatic carbocycles. The number of hydrogen-bond donors (Lipinski definition) is 6. The molecule has 4 atom stereocenters. The highest BCUT2D eigenvalue weighted by Gasteiger charge is 2.56. The number of Topliss-reactive ketones (excluding diaryl/α,β-unsaturated/α-hetero) is 1. The van der Waals surface area contributed by atoms with Gasteiger partial charge >= 0.3 is 12.1 Å². The second kappa shape index (κ2) is 14.8. The number of nitrogens with zero attached hydrogens (tertiary/aromatic N) is 3. The summed E-state index contributed by atoms with van der Waals surface area (Å²) >= 11 is 0. The van der Waals surface area contributed by atoms with Crippen LogP contribution in [0.5, 0.6) is 11.5 Å². The number of nitrogens with two attached hydrogens (primary N) is 2. The zero-order valence-corrected chi connectivity index (χ0v) is 26.4. The minimum Gasteiger partial charge on any atom is -0.504 e. The Hall–Kier alpha value is -4.40. The van der Waals surface area contributed by atoms with Crippen LogP contribution in [-0.2, 0) is 31.0 Å². The van der Waals surface area contributed by atoms with Gasteiger partial charge in [0, 0.05) is 56.0 Å². The van der Waals surface area contributed by atoms with E-state index in [0.29, 0.717) is 19.3 Å². The van der Waals surface area contributed by atoms with Crippen LogP contribution in [0.2, 0.25) is 0 Å². The number of aliphatic carboxylic acids is 1. The van der Waals surface area contributed by atoms with E-state index in [2.05, 4.69) is 27.6 Å². The molecule has 4 unspecified atom stereocenters. The topological polar surface area (TPSA) is 230 Å². The van der Waals surface area contributed by atoms with Gasteiger partial charge in [0.15, 0.2) is 17.5 Å². The molecule has 1 aromatic rings. The summed E-state index contributed by atoms with van der Waals surface area (Å²) in [5, 5.41) is 25.5. The Bertz CT molecular complexity index is 1380. The molecule has 4 rings (SSSR count). The summed E-state index contributed by atoms with van der Waals surface area (Å²) in [5.74, 6) is -2.49. The van der Waals surface area contributed by atoms with Crippen LogP contribution in [0, 0.1) is 5.92 Å². The summed E-state index contributed by atoms with van der Waals surface area (Å²) in [5.41, 5.74) is 11.9. The zero-order valence-electron chi connectivity index (χ0n) is 26.4. The van der Waals surface area contributed by atoms with E-state index < -0.39 is 41.8 Å². The van der Waals surface area contributed by atoms with Crippen molar-refractivity contribution in [2.24, 2.45) is 22.4 Å². The monoisotopic (exact) mass is 643 g/mol. The molecule has 0 spiro atoms. The number of carboxylic acid groups (broad SMARTS) is 1. The first kappa shape index (κ1) is 34.5. The zero-order chi connectivity index (χ0) is 33.6. The van der Waals surface area contributed by atoms with Gasteiger partial charge in [-0.1, -0.05) is 6.07 Å². The number of carbonyl (C=O) groups is 5. The number of hydrogen-bond acceptors (Lipinski definition) is 9. The van der Waals surface area contributed by atoms with Crippen molar-refractivity contribution in [3.8, 4) is 11.5 Å². The van der Waals surface area contributed by atoms with Gasteiger partial charge in [-0.25, -0.2) is 4.79 Å². The molecule has 3 aliphatic rings. The number of phenolic OH excluding ortho intramolecular Hbond substituents is 1. The summed E-state index contributed by atoms with van der Waals surface area (Å²) in [6.07, 6.45) is 2.14. The van der Waals surface area contributed by atoms with E-state index in [1.54, 1.807) is 13.0 Å². The van der Waals surface area contributed by atoms with Gasteiger partial charge in [-0.15, -0.1) is 0 Å². The number of likely N-dealkylation sites (N-methyl/N-ethyl adjacent to an activating group) is 2. The molecule has 1 aliphatic heterocycles. The smallest absolute Gasteiger partial charge is 0.415 e. The average molecular weight is 644 g/mol. The van der Waals surface area contributed by atoms with Gasteiger partial charge in [-0.3, -0.25) is 24.2 Å². The van der Waals surface area contributed by atoms with Gasteiger partial charge in [-0.2, -0.15) is 0 Å². The highest BCUT2D eigenvalue weighted by molar-refractivity contribution is 5.96. The lowest BCUT2D eigenvalue weighted by molar-refractivity contribution is -0.141. The Morgan fingerprint density at radius 1 is 1.26 bits per heavy atom. The normalized spacial score (nSPS) is 22.4. The van der Waals surface area contributed by atoms with Crippen molar-refractivity contribution >= 4 is 35.6 Å². The van der Waals surface area contributed by atoms with Crippen molar-refractivity contribution in [2.45, 2.75) is 75.8 Å². The van der Waals surface area contributed by atoms with E-state index >= 15 is 0 Å². The summed E-state index contributed by atoms with van der Waals surface area (Å²) in [7, 11) is 2.11. The van der Waals surface area contributed by atoms with Crippen LogP contribution in [0.4, 0.5) is 4.79 Å². The van der Waals surface area contributed by atoms with Gasteiger partial charge < -0.3 is 46.9 Å². The fourth-order valence-electron chi connectivity index (χ4n) is 7.32. The second-order valence-electron chi connectivity index (χ2n) is 12.3. The molecule has 2 bridgehead atoms. The number of ether oxygens (including phenoxy) is 1. The molecule has 15 nitrogen and oxygen atoms in total.